The minimum absolute atomic E-state index is 0.140. The van der Waals surface area contributed by atoms with Gasteiger partial charge in [-0.1, -0.05) is 0 Å². The van der Waals surface area contributed by atoms with Crippen LogP contribution in [0.4, 0.5) is 10.2 Å². The fourth-order valence-corrected chi connectivity index (χ4v) is 4.41. The number of halogens is 1. The number of amides is 1. The summed E-state index contributed by atoms with van der Waals surface area (Å²) >= 11 is 1.21. The Morgan fingerprint density at radius 1 is 1.40 bits per heavy atom. The molecule has 2 aromatic heterocycles. The van der Waals surface area contributed by atoms with Crippen molar-refractivity contribution in [3.8, 4) is 10.6 Å². The number of aliphatic hydroxyl groups is 1. The number of hydrogen-bond acceptors (Lipinski definition) is 6. The minimum atomic E-state index is -0.574. The first kappa shape index (κ1) is 16.4. The zero-order chi connectivity index (χ0) is 17.4. The molecule has 132 valence electrons. The minimum Gasteiger partial charge on any atom is -0.396 e. The third-order valence-electron chi connectivity index (χ3n) is 4.72. The van der Waals surface area contributed by atoms with Gasteiger partial charge in [0.1, 0.15) is 15.7 Å². The zero-order valence-corrected chi connectivity index (χ0v) is 14.5. The molecule has 1 unspecified atom stereocenters. The molecule has 0 radical (unpaired) electrons. The average Bonchev–Trinajstić information content (AvgIpc) is 3.07. The maximum Gasteiger partial charge on any atom is 0.263 e. The quantitative estimate of drug-likeness (QED) is 0.815. The van der Waals surface area contributed by atoms with E-state index in [0.29, 0.717) is 40.8 Å². The van der Waals surface area contributed by atoms with Crippen LogP contribution in [0.3, 0.4) is 0 Å². The summed E-state index contributed by atoms with van der Waals surface area (Å²) in [5.74, 6) is 0.0782. The number of fused-ring (bicyclic) bond motifs is 1. The Morgan fingerprint density at radius 3 is 3.04 bits per heavy atom. The lowest BCUT2D eigenvalue weighted by Crippen LogP contribution is -2.37. The van der Waals surface area contributed by atoms with Crippen LogP contribution in [0, 0.1) is 11.9 Å². The zero-order valence-electron chi connectivity index (χ0n) is 13.7. The molecule has 1 saturated heterocycles. The van der Waals surface area contributed by atoms with Gasteiger partial charge >= 0.3 is 0 Å². The highest BCUT2D eigenvalue weighted by atomic mass is 32.1. The number of thiazole rings is 1. The molecule has 8 heteroatoms. The topological polar surface area (TPSA) is 78.4 Å². The van der Waals surface area contributed by atoms with E-state index in [0.717, 1.165) is 25.1 Å². The van der Waals surface area contributed by atoms with E-state index in [4.69, 9.17) is 0 Å². The van der Waals surface area contributed by atoms with Crippen LogP contribution in [-0.4, -0.2) is 47.2 Å². The lowest BCUT2D eigenvalue weighted by atomic mass is 9.99. The number of carbonyl (C=O) groups is 1. The Bertz CT molecular complexity index is 810. The molecule has 2 aromatic rings. The fraction of sp³-hybridized carbons (Fsp3) is 0.471. The van der Waals surface area contributed by atoms with Crippen molar-refractivity contribution in [1.82, 2.24) is 15.3 Å². The van der Waals surface area contributed by atoms with Crippen molar-refractivity contribution in [1.29, 1.82) is 0 Å². The lowest BCUT2D eigenvalue weighted by molar-refractivity contribution is 0.0950. The molecule has 0 saturated carbocycles. The number of anilines is 1. The molecule has 4 heterocycles. The molecule has 0 bridgehead atoms. The summed E-state index contributed by atoms with van der Waals surface area (Å²) in [5, 5.41) is 12.6. The lowest BCUT2D eigenvalue weighted by Gasteiger charge is -2.32. The van der Waals surface area contributed by atoms with Gasteiger partial charge in [0.15, 0.2) is 0 Å². The van der Waals surface area contributed by atoms with Crippen LogP contribution in [0.1, 0.15) is 28.2 Å². The van der Waals surface area contributed by atoms with Gasteiger partial charge in [-0.05, 0) is 30.9 Å². The largest absolute Gasteiger partial charge is 0.396 e. The van der Waals surface area contributed by atoms with Gasteiger partial charge < -0.3 is 15.3 Å². The Labute approximate surface area is 148 Å². The highest BCUT2D eigenvalue weighted by molar-refractivity contribution is 7.17. The van der Waals surface area contributed by atoms with Crippen LogP contribution >= 0.6 is 11.3 Å². The molecule has 2 aliphatic heterocycles. The van der Waals surface area contributed by atoms with E-state index in [2.05, 4.69) is 15.3 Å². The Hall–Kier alpha value is -2.06. The molecule has 0 spiro atoms. The van der Waals surface area contributed by atoms with Crippen molar-refractivity contribution in [2.45, 2.75) is 19.3 Å². The Balaban J connectivity index is 1.61. The van der Waals surface area contributed by atoms with Crippen LogP contribution in [-0.2, 0) is 6.42 Å². The van der Waals surface area contributed by atoms with E-state index in [-0.39, 0.29) is 18.4 Å². The maximum absolute atomic E-state index is 14.6. The maximum atomic E-state index is 14.6. The number of pyridine rings is 1. The average molecular weight is 362 g/mol. The first-order chi connectivity index (χ1) is 12.2. The van der Waals surface area contributed by atoms with Gasteiger partial charge in [0.2, 0.25) is 5.95 Å². The second-order valence-electron chi connectivity index (χ2n) is 6.45. The molecular weight excluding hydrogens is 343 g/mol. The number of aliphatic hydroxyl groups excluding tert-OH is 1. The third kappa shape index (κ3) is 3.11. The molecule has 1 amide bonds. The summed E-state index contributed by atoms with van der Waals surface area (Å²) in [7, 11) is 0. The number of hydrogen-bond donors (Lipinski definition) is 2. The molecule has 2 N–H and O–H groups in total. The van der Waals surface area contributed by atoms with E-state index in [1.54, 1.807) is 12.1 Å². The molecule has 4 rings (SSSR count). The SMILES string of the molecule is O=C1NCCc2nc(-c3ccc(N4CCCC(CO)C4)nc3F)sc21. The monoisotopic (exact) mass is 362 g/mol. The normalized spacial score (nSPS) is 20.3. The molecule has 1 atom stereocenters. The standard InChI is InChI=1S/C17H19FN4O2S/c18-15-11(17-20-12-5-6-19-16(24)14(12)25-17)3-4-13(21-15)22-7-1-2-10(8-22)9-23/h3-4,10,23H,1-2,5-9H2,(H,19,24). The number of carbonyl (C=O) groups excluding carboxylic acids is 1. The number of nitrogens with zero attached hydrogens (tertiary/aromatic N) is 3. The summed E-state index contributed by atoms with van der Waals surface area (Å²) in [6, 6.07) is 3.47. The van der Waals surface area contributed by atoms with Crippen LogP contribution in [0.25, 0.3) is 10.6 Å². The molecule has 2 aliphatic rings. The van der Waals surface area contributed by atoms with Gasteiger partial charge in [-0.15, -0.1) is 11.3 Å². The van der Waals surface area contributed by atoms with Gasteiger partial charge in [-0.2, -0.15) is 4.39 Å². The number of nitrogens with one attached hydrogen (secondary N) is 1. The predicted octanol–water partition coefficient (Wildman–Crippen LogP) is 1.84. The van der Waals surface area contributed by atoms with Crippen molar-refractivity contribution in [3.63, 3.8) is 0 Å². The summed E-state index contributed by atoms with van der Waals surface area (Å²) < 4.78 is 14.6. The van der Waals surface area contributed by atoms with Crippen molar-refractivity contribution >= 4 is 23.1 Å². The van der Waals surface area contributed by atoms with E-state index in [1.807, 2.05) is 4.90 Å². The van der Waals surface area contributed by atoms with E-state index < -0.39 is 5.95 Å². The van der Waals surface area contributed by atoms with Crippen molar-refractivity contribution in [2.24, 2.45) is 5.92 Å². The fourth-order valence-electron chi connectivity index (χ4n) is 3.37. The van der Waals surface area contributed by atoms with E-state index in [9.17, 15) is 14.3 Å². The van der Waals surface area contributed by atoms with Crippen LogP contribution in [0.5, 0.6) is 0 Å². The first-order valence-corrected chi connectivity index (χ1v) is 9.28. The smallest absolute Gasteiger partial charge is 0.263 e. The predicted molar refractivity (Wildman–Crippen MR) is 93.4 cm³/mol. The number of piperidine rings is 1. The summed E-state index contributed by atoms with van der Waals surface area (Å²) in [5.41, 5.74) is 1.06. The number of rotatable bonds is 3. The molecule has 0 aromatic carbocycles. The second-order valence-corrected chi connectivity index (χ2v) is 7.44. The third-order valence-corrected chi connectivity index (χ3v) is 5.85. The number of aromatic nitrogens is 2. The highest BCUT2D eigenvalue weighted by Crippen LogP contribution is 2.32. The van der Waals surface area contributed by atoms with E-state index >= 15 is 0 Å². The molecule has 6 nitrogen and oxygen atoms in total. The van der Waals surface area contributed by atoms with Crippen LogP contribution in [0.2, 0.25) is 0 Å². The van der Waals surface area contributed by atoms with Gasteiger partial charge in [0, 0.05) is 32.7 Å². The van der Waals surface area contributed by atoms with E-state index in [1.165, 1.54) is 11.3 Å². The van der Waals surface area contributed by atoms with Gasteiger partial charge in [-0.3, -0.25) is 4.79 Å². The van der Waals surface area contributed by atoms with Gasteiger partial charge in [0.05, 0.1) is 11.3 Å². The second kappa shape index (κ2) is 6.68. The molecular formula is C17H19FN4O2S. The summed E-state index contributed by atoms with van der Waals surface area (Å²) in [6.07, 6.45) is 2.62. The molecule has 25 heavy (non-hydrogen) atoms. The summed E-state index contributed by atoms with van der Waals surface area (Å²) in [4.78, 5) is 23.0. The van der Waals surface area contributed by atoms with Crippen molar-refractivity contribution in [3.05, 3.63) is 28.7 Å². The van der Waals surface area contributed by atoms with Crippen LogP contribution < -0.4 is 10.2 Å². The summed E-state index contributed by atoms with van der Waals surface area (Å²) in [6.45, 7) is 2.21. The van der Waals surface area contributed by atoms with Gasteiger partial charge in [0.25, 0.3) is 5.91 Å². The van der Waals surface area contributed by atoms with Crippen molar-refractivity contribution < 1.29 is 14.3 Å². The van der Waals surface area contributed by atoms with Crippen LogP contribution in [0.15, 0.2) is 12.1 Å². The highest BCUT2D eigenvalue weighted by Gasteiger charge is 2.25. The molecule has 1 fully saturated rings. The Kier molecular flexibility index (Phi) is 4.39. The first-order valence-electron chi connectivity index (χ1n) is 8.46. The van der Waals surface area contributed by atoms with Crippen molar-refractivity contribution in [2.75, 3.05) is 31.1 Å². The Morgan fingerprint density at radius 2 is 2.28 bits per heavy atom. The molecule has 0 aliphatic carbocycles. The van der Waals surface area contributed by atoms with Gasteiger partial charge in [-0.25, -0.2) is 9.97 Å².